The molecule has 0 rings (SSSR count). The highest BCUT2D eigenvalue weighted by Crippen LogP contribution is 2.66. The number of halogens is 34. The van der Waals surface area contributed by atoms with E-state index in [-0.39, 0.29) is 6.92 Å². The summed E-state index contributed by atoms with van der Waals surface area (Å²) in [6.45, 7) is -0.0935. The normalized spacial score (nSPS) is 16.9. The lowest BCUT2D eigenvalue weighted by molar-refractivity contribution is -0.462. The molecule has 0 aromatic carbocycles. The van der Waals surface area contributed by atoms with Crippen molar-refractivity contribution >= 4 is 0 Å². The van der Waals surface area contributed by atoms with E-state index >= 15 is 0 Å². The van der Waals surface area contributed by atoms with Gasteiger partial charge in [0.1, 0.15) is 0 Å². The first-order chi connectivity index (χ1) is 23.6. The minimum atomic E-state index is -9.07. The van der Waals surface area contributed by atoms with Gasteiger partial charge in [0.15, 0.2) is 0 Å². The summed E-state index contributed by atoms with van der Waals surface area (Å²) in [5.41, 5.74) is 0. The Morgan fingerprint density at radius 3 is 0.536 bits per heavy atom. The highest BCUT2D eigenvalue weighted by Gasteiger charge is 2.96. The van der Waals surface area contributed by atoms with Crippen molar-refractivity contribution in [2.45, 2.75) is 128 Å². The summed E-state index contributed by atoms with van der Waals surface area (Å²) < 4.78 is 452. The quantitative estimate of drug-likeness (QED) is 0.120. The second-order valence-electron chi connectivity index (χ2n) is 11.5. The molecule has 338 valence electrons. The van der Waals surface area contributed by atoms with Gasteiger partial charge in [-0.1, -0.05) is 6.92 Å². The van der Waals surface area contributed by atoms with Crippen LogP contribution < -0.4 is 0 Å². The summed E-state index contributed by atoms with van der Waals surface area (Å²) in [6.07, 6.45) is -28.0. The predicted octanol–water partition coefficient (Wildman–Crippen LogP) is 13.2. The molecule has 0 atom stereocenters. The largest absolute Gasteiger partial charge is 0.460 e. The summed E-state index contributed by atoms with van der Waals surface area (Å²) in [7, 11) is 0. The zero-order chi connectivity index (χ0) is 46.4. The first-order valence-electron chi connectivity index (χ1n) is 13.0. The van der Waals surface area contributed by atoms with Crippen molar-refractivity contribution in [2.24, 2.45) is 5.92 Å². The smallest absolute Gasteiger partial charge is 0.200 e. The number of rotatable bonds is 18. The molecule has 0 heterocycles. The topological polar surface area (TPSA) is 0 Å². The van der Waals surface area contributed by atoms with Crippen LogP contribution in [0.1, 0.15) is 32.6 Å². The van der Waals surface area contributed by atoms with Crippen LogP contribution >= 0.6 is 0 Å². The van der Waals surface area contributed by atoms with Gasteiger partial charge < -0.3 is 0 Å². The first-order valence-corrected chi connectivity index (χ1v) is 13.0. The number of hydrogen-bond donors (Lipinski definition) is 0. The van der Waals surface area contributed by atoms with Crippen molar-refractivity contribution in [3.8, 4) is 0 Å². The SMILES string of the molecule is CC(CCC(F)(F)C(F)(F)C(F)(F)C(F)(F)C(F)(F)C(F)(F)C(F)(F)C(F)(F)F)CCC(F)(F)C(F)(F)C(F)(F)C(F)(F)C(F)(F)C(F)(F)C(F)(F)C(F)(F)F. The molecule has 0 fully saturated rings. The van der Waals surface area contributed by atoms with E-state index in [0.717, 1.165) is 0 Å². The molecular weight excluding hydrogens is 910 g/mol. The van der Waals surface area contributed by atoms with Gasteiger partial charge in [0.25, 0.3) is 0 Å². The Hall–Kier alpha value is -2.38. The lowest BCUT2D eigenvalue weighted by Gasteiger charge is -2.43. The van der Waals surface area contributed by atoms with E-state index in [4.69, 9.17) is 0 Å². The highest BCUT2D eigenvalue weighted by atomic mass is 19.4. The van der Waals surface area contributed by atoms with Crippen LogP contribution in [0.4, 0.5) is 149 Å². The van der Waals surface area contributed by atoms with Crippen LogP contribution in [-0.2, 0) is 0 Å². The molecule has 0 unspecified atom stereocenters. The zero-order valence-electron chi connectivity index (χ0n) is 25.3. The van der Waals surface area contributed by atoms with Gasteiger partial charge in [-0.25, -0.2) is 0 Å². The van der Waals surface area contributed by atoms with Gasteiger partial charge in [0.05, 0.1) is 0 Å². The molecular formula is C22H12F34. The van der Waals surface area contributed by atoms with E-state index in [1.165, 1.54) is 0 Å². The molecule has 0 bridgehead atoms. The van der Waals surface area contributed by atoms with Gasteiger partial charge in [0.2, 0.25) is 0 Å². The molecule has 0 amide bonds. The van der Waals surface area contributed by atoms with E-state index in [1.54, 1.807) is 0 Å². The average molecular weight is 922 g/mol. The summed E-state index contributed by atoms with van der Waals surface area (Å²) in [5, 5.41) is 0. The van der Waals surface area contributed by atoms with Crippen molar-refractivity contribution in [1.29, 1.82) is 0 Å². The molecule has 0 nitrogen and oxygen atoms in total. The first kappa shape index (κ1) is 53.6. The second-order valence-corrected chi connectivity index (χ2v) is 11.5. The fourth-order valence-electron chi connectivity index (χ4n) is 3.71. The molecule has 0 N–H and O–H groups in total. The molecule has 0 aliphatic rings. The van der Waals surface area contributed by atoms with Gasteiger partial charge in [-0.3, -0.25) is 0 Å². The molecule has 0 aromatic rings. The van der Waals surface area contributed by atoms with Crippen LogP contribution in [0.5, 0.6) is 0 Å². The third kappa shape index (κ3) is 7.19. The summed E-state index contributed by atoms with van der Waals surface area (Å²) in [4.78, 5) is 0. The van der Waals surface area contributed by atoms with Crippen molar-refractivity contribution < 1.29 is 149 Å². The Labute approximate surface area is 284 Å². The monoisotopic (exact) mass is 922 g/mol. The predicted molar refractivity (Wildman–Crippen MR) is 109 cm³/mol. The minimum absolute atomic E-state index is 0.0935. The molecule has 0 aliphatic carbocycles. The second kappa shape index (κ2) is 13.8. The fraction of sp³-hybridized carbons (Fsp3) is 1.00. The molecule has 0 spiro atoms. The standard InChI is InChI=1S/C22H12F34/c1-6(2-4-7(23,24)9(27,28)11(31,32)13(35,36)15(39,40)17(43,44)19(47,48)21(51,52)53)3-5-8(25,26)10(29,30)12(33,34)14(37,38)16(41,42)18(45,46)20(49,50)22(54,55)56/h6H,2-5H2,1H3. The number of alkyl halides is 34. The zero-order valence-corrected chi connectivity index (χ0v) is 25.3. The van der Waals surface area contributed by atoms with Crippen molar-refractivity contribution in [3.63, 3.8) is 0 Å². The van der Waals surface area contributed by atoms with Crippen LogP contribution in [0.25, 0.3) is 0 Å². The molecule has 0 aromatic heterocycles. The molecule has 34 heteroatoms. The van der Waals surface area contributed by atoms with Crippen molar-refractivity contribution in [2.75, 3.05) is 0 Å². The van der Waals surface area contributed by atoms with Crippen LogP contribution in [0.3, 0.4) is 0 Å². The summed E-state index contributed by atoms with van der Waals surface area (Å²) in [5.74, 6) is -123. The van der Waals surface area contributed by atoms with E-state index < -0.39 is 127 Å². The lowest BCUT2D eigenvalue weighted by Crippen LogP contribution is -2.74. The van der Waals surface area contributed by atoms with E-state index in [0.29, 0.717) is 0 Å². The van der Waals surface area contributed by atoms with Crippen LogP contribution in [0, 0.1) is 5.92 Å². The molecule has 0 saturated heterocycles. The molecule has 0 saturated carbocycles. The maximum atomic E-state index is 14.0. The van der Waals surface area contributed by atoms with Crippen LogP contribution in [0.15, 0.2) is 0 Å². The Kier molecular flexibility index (Phi) is 13.3. The van der Waals surface area contributed by atoms with Crippen molar-refractivity contribution in [3.05, 3.63) is 0 Å². The van der Waals surface area contributed by atoms with Gasteiger partial charge in [-0.2, -0.15) is 149 Å². The minimum Gasteiger partial charge on any atom is -0.200 e. The average Bonchev–Trinajstić information content (AvgIpc) is 2.96. The van der Waals surface area contributed by atoms with E-state index in [1.807, 2.05) is 0 Å². The van der Waals surface area contributed by atoms with Crippen LogP contribution in [0.2, 0.25) is 0 Å². The van der Waals surface area contributed by atoms with Gasteiger partial charge in [-0.15, -0.1) is 0 Å². The number of hydrogen-bond acceptors (Lipinski definition) is 0. The fourth-order valence-corrected chi connectivity index (χ4v) is 3.71. The summed E-state index contributed by atoms with van der Waals surface area (Å²) in [6, 6.07) is 0. The maximum Gasteiger partial charge on any atom is 0.460 e. The Bertz CT molecular complexity index is 1250. The van der Waals surface area contributed by atoms with Gasteiger partial charge >= 0.3 is 95.3 Å². The summed E-state index contributed by atoms with van der Waals surface area (Å²) >= 11 is 0. The third-order valence-corrected chi connectivity index (χ3v) is 7.48. The molecule has 0 radical (unpaired) electrons. The Balaban J connectivity index is 6.49. The lowest BCUT2D eigenvalue weighted by atomic mass is 9.85. The highest BCUT2D eigenvalue weighted by molar-refractivity contribution is 5.16. The van der Waals surface area contributed by atoms with E-state index in [9.17, 15) is 149 Å². The van der Waals surface area contributed by atoms with Gasteiger partial charge in [-0.05, 0) is 18.8 Å². The Morgan fingerprint density at radius 1 is 0.232 bits per heavy atom. The Morgan fingerprint density at radius 2 is 0.375 bits per heavy atom. The van der Waals surface area contributed by atoms with Crippen molar-refractivity contribution in [1.82, 2.24) is 0 Å². The maximum absolute atomic E-state index is 14.0. The van der Waals surface area contributed by atoms with Gasteiger partial charge in [0, 0.05) is 12.8 Å². The van der Waals surface area contributed by atoms with E-state index in [2.05, 4.69) is 0 Å². The molecule has 0 aliphatic heterocycles. The molecule has 56 heavy (non-hydrogen) atoms. The van der Waals surface area contributed by atoms with Crippen LogP contribution in [-0.4, -0.2) is 95.3 Å². The third-order valence-electron chi connectivity index (χ3n) is 7.48.